The van der Waals surface area contributed by atoms with Gasteiger partial charge in [0.2, 0.25) is 0 Å². The molecule has 0 amide bonds. The first-order valence-electron chi connectivity index (χ1n) is 4.99. The van der Waals surface area contributed by atoms with Gasteiger partial charge in [0, 0.05) is 9.37 Å². The fourth-order valence-corrected chi connectivity index (χ4v) is 2.36. The quantitative estimate of drug-likeness (QED) is 0.906. The molecule has 1 heterocycles. The zero-order chi connectivity index (χ0) is 13.1. The van der Waals surface area contributed by atoms with Crippen molar-refractivity contribution in [3.05, 3.63) is 46.6 Å². The number of aromatic carboxylic acids is 1. The highest BCUT2D eigenvalue weighted by molar-refractivity contribution is 9.10. The molecule has 18 heavy (non-hydrogen) atoms. The fourth-order valence-electron chi connectivity index (χ4n) is 1.27. The molecule has 0 spiro atoms. The number of carbonyl (C=O) groups is 1. The van der Waals surface area contributed by atoms with Crippen molar-refractivity contribution in [2.45, 2.75) is 9.92 Å². The van der Waals surface area contributed by atoms with Crippen molar-refractivity contribution in [1.29, 1.82) is 0 Å². The molecule has 0 saturated heterocycles. The van der Waals surface area contributed by atoms with Gasteiger partial charge in [0.05, 0.1) is 5.69 Å². The molecule has 92 valence electrons. The van der Waals surface area contributed by atoms with E-state index in [9.17, 15) is 4.79 Å². The number of rotatable bonds is 3. The highest BCUT2D eigenvalue weighted by atomic mass is 79.9. The van der Waals surface area contributed by atoms with Crippen molar-refractivity contribution in [3.8, 4) is 0 Å². The topological polar surface area (TPSA) is 76.2 Å². The lowest BCUT2D eigenvalue weighted by Crippen LogP contribution is -2.02. The second kappa shape index (κ2) is 5.41. The summed E-state index contributed by atoms with van der Waals surface area (Å²) in [5.74, 6) is -1.06. The van der Waals surface area contributed by atoms with E-state index in [1.165, 1.54) is 17.8 Å². The normalized spacial score (nSPS) is 10.3. The molecule has 0 saturated carbocycles. The Labute approximate surface area is 116 Å². The van der Waals surface area contributed by atoms with Crippen molar-refractivity contribution in [3.63, 3.8) is 0 Å². The Morgan fingerprint density at radius 3 is 2.50 bits per heavy atom. The predicted molar refractivity (Wildman–Crippen MR) is 73.9 cm³/mol. The zero-order valence-electron chi connectivity index (χ0n) is 9.13. The van der Waals surface area contributed by atoms with Gasteiger partial charge in [0.15, 0.2) is 0 Å². The number of nitrogens with zero attached hydrogens (tertiary/aromatic N) is 1. The number of benzene rings is 1. The van der Waals surface area contributed by atoms with Gasteiger partial charge in [-0.2, -0.15) is 0 Å². The Morgan fingerprint density at radius 1 is 1.22 bits per heavy atom. The maximum atomic E-state index is 10.8. The second-order valence-electron chi connectivity index (χ2n) is 3.45. The van der Waals surface area contributed by atoms with E-state index >= 15 is 0 Å². The van der Waals surface area contributed by atoms with Crippen LogP contribution in [0.3, 0.4) is 0 Å². The highest BCUT2D eigenvalue weighted by Crippen LogP contribution is 2.31. The number of anilines is 1. The number of carboxylic acid groups (broad SMARTS) is 1. The Balaban J connectivity index is 2.30. The van der Waals surface area contributed by atoms with Crippen LogP contribution in [0.4, 0.5) is 5.69 Å². The number of nitrogens with two attached hydrogens (primary N) is 1. The van der Waals surface area contributed by atoms with Crippen molar-refractivity contribution < 1.29 is 9.90 Å². The summed E-state index contributed by atoms with van der Waals surface area (Å²) in [6, 6.07) is 10.6. The van der Waals surface area contributed by atoms with E-state index in [-0.39, 0.29) is 5.69 Å². The van der Waals surface area contributed by atoms with Crippen LogP contribution in [0.15, 0.2) is 50.8 Å². The summed E-state index contributed by atoms with van der Waals surface area (Å²) < 4.78 is 0.979. The van der Waals surface area contributed by atoms with Crippen LogP contribution < -0.4 is 5.73 Å². The van der Waals surface area contributed by atoms with Crippen molar-refractivity contribution in [2.75, 3.05) is 5.73 Å². The first kappa shape index (κ1) is 12.9. The number of aromatic nitrogens is 1. The molecule has 1 aromatic carbocycles. The smallest absolute Gasteiger partial charge is 0.354 e. The third-order valence-corrected chi connectivity index (χ3v) is 3.69. The monoisotopic (exact) mass is 324 g/mol. The van der Waals surface area contributed by atoms with Crippen molar-refractivity contribution >= 4 is 39.3 Å². The van der Waals surface area contributed by atoms with Gasteiger partial charge in [-0.3, -0.25) is 0 Å². The molecule has 0 aliphatic carbocycles. The van der Waals surface area contributed by atoms with Crippen LogP contribution in [0.25, 0.3) is 0 Å². The van der Waals surface area contributed by atoms with Gasteiger partial charge in [-0.15, -0.1) is 0 Å². The summed E-state index contributed by atoms with van der Waals surface area (Å²) in [6.45, 7) is 0. The van der Waals surface area contributed by atoms with Crippen molar-refractivity contribution in [2.24, 2.45) is 0 Å². The van der Waals surface area contributed by atoms with Gasteiger partial charge >= 0.3 is 5.97 Å². The average Bonchev–Trinajstić information content (AvgIpc) is 2.34. The maximum Gasteiger partial charge on any atom is 0.354 e. The highest BCUT2D eigenvalue weighted by Gasteiger charge is 2.09. The number of hydrogen-bond acceptors (Lipinski definition) is 4. The molecular weight excluding hydrogens is 316 g/mol. The second-order valence-corrected chi connectivity index (χ2v) is 5.43. The number of halogens is 1. The van der Waals surface area contributed by atoms with Crippen LogP contribution in [0.5, 0.6) is 0 Å². The average molecular weight is 325 g/mol. The summed E-state index contributed by atoms with van der Waals surface area (Å²) in [5, 5.41) is 9.38. The van der Waals surface area contributed by atoms with Gasteiger partial charge in [-0.1, -0.05) is 27.7 Å². The minimum absolute atomic E-state index is 0.0104. The number of hydrogen-bond donors (Lipinski definition) is 2. The minimum atomic E-state index is -1.06. The SMILES string of the molecule is Nc1ccc(C(=O)O)nc1Sc1ccc(Br)cc1. The number of nitrogen functional groups attached to an aromatic ring is 1. The van der Waals surface area contributed by atoms with E-state index in [0.29, 0.717) is 10.7 Å². The largest absolute Gasteiger partial charge is 0.477 e. The van der Waals surface area contributed by atoms with Crippen LogP contribution in [0.2, 0.25) is 0 Å². The molecule has 2 aromatic rings. The molecule has 0 bridgehead atoms. The summed E-state index contributed by atoms with van der Waals surface area (Å²) in [6.07, 6.45) is 0. The molecule has 0 aliphatic rings. The molecule has 0 fully saturated rings. The van der Waals surface area contributed by atoms with Crippen LogP contribution in [0, 0.1) is 0 Å². The molecule has 3 N–H and O–H groups in total. The first-order valence-corrected chi connectivity index (χ1v) is 6.60. The van der Waals surface area contributed by atoms with E-state index in [1.807, 2.05) is 24.3 Å². The molecule has 0 radical (unpaired) electrons. The zero-order valence-corrected chi connectivity index (χ0v) is 11.5. The van der Waals surface area contributed by atoms with E-state index in [4.69, 9.17) is 10.8 Å². The summed E-state index contributed by atoms with van der Waals surface area (Å²) in [4.78, 5) is 15.8. The fraction of sp³-hybridized carbons (Fsp3) is 0. The molecule has 0 atom stereocenters. The lowest BCUT2D eigenvalue weighted by molar-refractivity contribution is 0.0690. The van der Waals surface area contributed by atoms with E-state index in [0.717, 1.165) is 9.37 Å². The van der Waals surface area contributed by atoms with Crippen LogP contribution >= 0.6 is 27.7 Å². The third-order valence-electron chi connectivity index (χ3n) is 2.14. The minimum Gasteiger partial charge on any atom is -0.477 e. The predicted octanol–water partition coefficient (Wildman–Crippen LogP) is 3.28. The summed E-state index contributed by atoms with van der Waals surface area (Å²) in [7, 11) is 0. The van der Waals surface area contributed by atoms with E-state index in [1.54, 1.807) is 6.07 Å². The Bertz CT molecular complexity index is 587. The van der Waals surface area contributed by atoms with E-state index < -0.39 is 5.97 Å². The lowest BCUT2D eigenvalue weighted by Gasteiger charge is -2.05. The van der Waals surface area contributed by atoms with Gasteiger partial charge in [0.25, 0.3) is 0 Å². The molecule has 4 nitrogen and oxygen atoms in total. The lowest BCUT2D eigenvalue weighted by atomic mass is 10.3. The first-order chi connectivity index (χ1) is 8.56. The van der Waals surface area contributed by atoms with E-state index in [2.05, 4.69) is 20.9 Å². The van der Waals surface area contributed by atoms with Crippen LogP contribution in [-0.2, 0) is 0 Å². The Hall–Kier alpha value is -1.53. The number of pyridine rings is 1. The van der Waals surface area contributed by atoms with Crippen LogP contribution in [-0.4, -0.2) is 16.1 Å². The van der Waals surface area contributed by atoms with Gasteiger partial charge in [-0.25, -0.2) is 9.78 Å². The number of carboxylic acids is 1. The maximum absolute atomic E-state index is 10.8. The standard InChI is InChI=1S/C12H9BrN2O2S/c13-7-1-3-8(4-2-7)18-11-9(14)5-6-10(15-11)12(16)17/h1-6H,14H2,(H,16,17). The van der Waals surface area contributed by atoms with Crippen molar-refractivity contribution in [1.82, 2.24) is 4.98 Å². The molecule has 2 rings (SSSR count). The van der Waals surface area contributed by atoms with Gasteiger partial charge < -0.3 is 10.8 Å². The Morgan fingerprint density at radius 2 is 1.89 bits per heavy atom. The van der Waals surface area contributed by atoms with Gasteiger partial charge in [0.1, 0.15) is 10.7 Å². The van der Waals surface area contributed by atoms with Crippen LogP contribution in [0.1, 0.15) is 10.5 Å². The summed E-state index contributed by atoms with van der Waals surface area (Å²) >= 11 is 4.68. The Kier molecular flexibility index (Phi) is 3.88. The molecule has 0 aliphatic heterocycles. The summed E-state index contributed by atoms with van der Waals surface area (Å²) in [5.41, 5.74) is 6.24. The molecule has 6 heteroatoms. The molecular formula is C12H9BrN2O2S. The van der Waals surface area contributed by atoms with Gasteiger partial charge in [-0.05, 0) is 36.4 Å². The molecule has 0 unspecified atom stereocenters. The third kappa shape index (κ3) is 3.02. The molecule has 1 aromatic heterocycles.